The molecule has 0 fully saturated rings. The summed E-state index contributed by atoms with van der Waals surface area (Å²) in [5, 5.41) is 2.19. The summed E-state index contributed by atoms with van der Waals surface area (Å²) in [6, 6.07) is -2.70. The second-order valence-electron chi connectivity index (χ2n) is 4.67. The van der Waals surface area contributed by atoms with Gasteiger partial charge in [-0.05, 0) is 26.7 Å². The molecule has 0 saturated carbocycles. The van der Waals surface area contributed by atoms with E-state index < -0.39 is 23.8 Å². The summed E-state index contributed by atoms with van der Waals surface area (Å²) in [6.07, 6.45) is -0.785. The van der Waals surface area contributed by atoms with Gasteiger partial charge in [0.2, 0.25) is 0 Å². The van der Waals surface area contributed by atoms with E-state index in [2.05, 4.69) is 5.32 Å². The first-order chi connectivity index (χ1) is 6.63. The van der Waals surface area contributed by atoms with E-state index in [1.807, 2.05) is 0 Å². The standard InChI is InChI=1S/C10H18FNO3/c1-6(2)7(8(11)13)12-9(14)15-10(3,4)5/h6-7H,1-5H3,(H,12,14). The van der Waals surface area contributed by atoms with Crippen LogP contribution in [0.3, 0.4) is 0 Å². The zero-order valence-corrected chi connectivity index (χ0v) is 9.76. The van der Waals surface area contributed by atoms with Gasteiger partial charge in [0.1, 0.15) is 11.6 Å². The maximum Gasteiger partial charge on any atom is 0.408 e. The molecule has 0 rings (SSSR count). The minimum Gasteiger partial charge on any atom is -0.444 e. The van der Waals surface area contributed by atoms with Crippen LogP contribution < -0.4 is 5.32 Å². The van der Waals surface area contributed by atoms with Gasteiger partial charge in [-0.1, -0.05) is 13.8 Å². The number of amides is 1. The van der Waals surface area contributed by atoms with Crippen LogP contribution in [0.15, 0.2) is 0 Å². The first-order valence-electron chi connectivity index (χ1n) is 4.82. The van der Waals surface area contributed by atoms with E-state index >= 15 is 0 Å². The molecule has 1 unspecified atom stereocenters. The molecule has 1 amide bonds. The highest BCUT2D eigenvalue weighted by atomic mass is 19.1. The Morgan fingerprint density at radius 1 is 1.27 bits per heavy atom. The molecule has 0 saturated heterocycles. The molecule has 15 heavy (non-hydrogen) atoms. The SMILES string of the molecule is CC(C)C(NC(=O)OC(C)(C)C)C(=O)F. The maximum atomic E-state index is 12.5. The highest BCUT2D eigenvalue weighted by Crippen LogP contribution is 2.09. The van der Waals surface area contributed by atoms with Crippen LogP contribution in [-0.4, -0.2) is 23.8 Å². The molecule has 0 aromatic heterocycles. The van der Waals surface area contributed by atoms with Crippen molar-refractivity contribution >= 4 is 12.1 Å². The number of nitrogens with one attached hydrogen (secondary N) is 1. The van der Waals surface area contributed by atoms with Crippen molar-refractivity contribution in [3.63, 3.8) is 0 Å². The number of hydrogen-bond acceptors (Lipinski definition) is 3. The average Bonchev–Trinajstić information content (AvgIpc) is 1.95. The van der Waals surface area contributed by atoms with E-state index in [1.54, 1.807) is 34.6 Å². The third-order valence-electron chi connectivity index (χ3n) is 1.58. The van der Waals surface area contributed by atoms with E-state index in [-0.39, 0.29) is 5.92 Å². The number of carbonyl (C=O) groups excluding carboxylic acids is 2. The summed E-state index contributed by atoms with van der Waals surface area (Å²) in [6.45, 7) is 8.34. The zero-order valence-electron chi connectivity index (χ0n) is 9.76. The van der Waals surface area contributed by atoms with Gasteiger partial charge < -0.3 is 10.1 Å². The van der Waals surface area contributed by atoms with Gasteiger partial charge in [-0.2, -0.15) is 4.39 Å². The molecule has 5 heteroatoms. The van der Waals surface area contributed by atoms with Gasteiger partial charge in [0.25, 0.3) is 0 Å². The normalized spacial score (nSPS) is 13.5. The van der Waals surface area contributed by atoms with E-state index in [9.17, 15) is 14.0 Å². The van der Waals surface area contributed by atoms with Crippen molar-refractivity contribution in [1.82, 2.24) is 5.32 Å². The van der Waals surface area contributed by atoms with Crippen LogP contribution >= 0.6 is 0 Å². The van der Waals surface area contributed by atoms with Gasteiger partial charge in [0.15, 0.2) is 0 Å². The summed E-state index contributed by atoms with van der Waals surface area (Å²) in [4.78, 5) is 21.8. The van der Waals surface area contributed by atoms with Crippen molar-refractivity contribution in [3.8, 4) is 0 Å². The summed E-state index contributed by atoms with van der Waals surface area (Å²) < 4.78 is 17.4. The second kappa shape index (κ2) is 5.09. The quantitative estimate of drug-likeness (QED) is 0.739. The third kappa shape index (κ3) is 6.04. The van der Waals surface area contributed by atoms with Crippen molar-refractivity contribution in [2.24, 2.45) is 5.92 Å². The monoisotopic (exact) mass is 219 g/mol. The number of halogens is 1. The summed E-state index contributed by atoms with van der Waals surface area (Å²) in [5.74, 6) is -0.310. The minimum absolute atomic E-state index is 0.310. The third-order valence-corrected chi connectivity index (χ3v) is 1.58. The minimum atomic E-state index is -1.56. The highest BCUT2D eigenvalue weighted by molar-refractivity contribution is 5.80. The highest BCUT2D eigenvalue weighted by Gasteiger charge is 2.26. The van der Waals surface area contributed by atoms with Crippen LogP contribution in [0, 0.1) is 5.92 Å². The lowest BCUT2D eigenvalue weighted by Crippen LogP contribution is -2.45. The van der Waals surface area contributed by atoms with Crippen molar-refractivity contribution in [3.05, 3.63) is 0 Å². The number of rotatable bonds is 3. The van der Waals surface area contributed by atoms with E-state index in [0.717, 1.165) is 0 Å². The molecule has 0 aliphatic rings. The first kappa shape index (κ1) is 13.9. The number of hydrogen-bond donors (Lipinski definition) is 1. The fraction of sp³-hybridized carbons (Fsp3) is 0.800. The fourth-order valence-electron chi connectivity index (χ4n) is 0.920. The smallest absolute Gasteiger partial charge is 0.408 e. The van der Waals surface area contributed by atoms with Crippen LogP contribution in [0.2, 0.25) is 0 Å². The molecule has 0 aliphatic heterocycles. The van der Waals surface area contributed by atoms with E-state index in [1.165, 1.54) is 0 Å². The van der Waals surface area contributed by atoms with Crippen molar-refractivity contribution in [2.75, 3.05) is 0 Å². The Morgan fingerprint density at radius 2 is 1.73 bits per heavy atom. The Balaban J connectivity index is 4.31. The zero-order chi connectivity index (χ0) is 12.2. The maximum absolute atomic E-state index is 12.5. The van der Waals surface area contributed by atoms with Crippen LogP contribution in [-0.2, 0) is 9.53 Å². The molecular formula is C10H18FNO3. The molecule has 0 spiro atoms. The van der Waals surface area contributed by atoms with E-state index in [0.29, 0.717) is 0 Å². The lowest BCUT2D eigenvalue weighted by molar-refractivity contribution is -0.132. The van der Waals surface area contributed by atoms with Gasteiger partial charge in [-0.15, -0.1) is 0 Å². The molecule has 0 aromatic rings. The Kier molecular flexibility index (Phi) is 4.71. The molecule has 88 valence electrons. The number of alkyl carbamates (subject to hydrolysis) is 1. The van der Waals surface area contributed by atoms with Crippen molar-refractivity contribution in [2.45, 2.75) is 46.3 Å². The van der Waals surface area contributed by atoms with Gasteiger partial charge in [-0.3, -0.25) is 4.79 Å². The number of ether oxygens (including phenoxy) is 1. The Morgan fingerprint density at radius 3 is 2.00 bits per heavy atom. The van der Waals surface area contributed by atoms with Crippen LogP contribution in [0.1, 0.15) is 34.6 Å². The van der Waals surface area contributed by atoms with Gasteiger partial charge in [0, 0.05) is 0 Å². The van der Waals surface area contributed by atoms with E-state index in [4.69, 9.17) is 4.74 Å². The molecule has 0 aromatic carbocycles. The first-order valence-corrected chi connectivity index (χ1v) is 4.82. The number of carbonyl (C=O) groups is 2. The lowest BCUT2D eigenvalue weighted by Gasteiger charge is -2.23. The molecule has 4 nitrogen and oxygen atoms in total. The van der Waals surface area contributed by atoms with Gasteiger partial charge in [-0.25, -0.2) is 4.79 Å². The van der Waals surface area contributed by atoms with Crippen LogP contribution in [0.4, 0.5) is 9.18 Å². The lowest BCUT2D eigenvalue weighted by atomic mass is 10.1. The predicted octanol–water partition coefficient (Wildman–Crippen LogP) is 2.03. The summed E-state index contributed by atoms with van der Waals surface area (Å²) in [7, 11) is 0. The molecule has 0 radical (unpaired) electrons. The molecule has 1 N–H and O–H groups in total. The van der Waals surface area contributed by atoms with Crippen LogP contribution in [0.25, 0.3) is 0 Å². The molecular weight excluding hydrogens is 201 g/mol. The molecule has 0 bridgehead atoms. The van der Waals surface area contributed by atoms with Crippen LogP contribution in [0.5, 0.6) is 0 Å². The average molecular weight is 219 g/mol. The largest absolute Gasteiger partial charge is 0.444 e. The van der Waals surface area contributed by atoms with Gasteiger partial charge in [0.05, 0.1) is 0 Å². The second-order valence-corrected chi connectivity index (χ2v) is 4.67. The van der Waals surface area contributed by atoms with Gasteiger partial charge >= 0.3 is 12.1 Å². The Bertz CT molecular complexity index is 246. The Labute approximate surface area is 89.2 Å². The molecule has 0 aliphatic carbocycles. The Hall–Kier alpha value is -1.13. The topological polar surface area (TPSA) is 55.4 Å². The molecule has 0 heterocycles. The fourth-order valence-corrected chi connectivity index (χ4v) is 0.920. The van der Waals surface area contributed by atoms with Crippen molar-refractivity contribution in [1.29, 1.82) is 0 Å². The summed E-state index contributed by atoms with van der Waals surface area (Å²) >= 11 is 0. The van der Waals surface area contributed by atoms with Crippen molar-refractivity contribution < 1.29 is 18.7 Å². The molecule has 1 atom stereocenters. The summed E-state index contributed by atoms with van der Waals surface area (Å²) in [5.41, 5.74) is -0.662. The predicted molar refractivity (Wildman–Crippen MR) is 54.1 cm³/mol.